The van der Waals surface area contributed by atoms with Gasteiger partial charge in [0.15, 0.2) is 0 Å². The highest BCUT2D eigenvalue weighted by Gasteiger charge is 2.27. The number of nitrogens with two attached hydrogens (primary N) is 1. The van der Waals surface area contributed by atoms with E-state index in [1.807, 2.05) is 0 Å². The average molecular weight is 605 g/mol. The van der Waals surface area contributed by atoms with Crippen LogP contribution in [0.2, 0.25) is 0 Å². The van der Waals surface area contributed by atoms with Gasteiger partial charge in [-0.3, -0.25) is 4.79 Å². The smallest absolute Gasteiger partial charge is 0.306 e. The molecule has 238 valence electrons. The highest BCUT2D eigenvalue weighted by atomic mass is 35.5. The predicted octanol–water partition coefficient (Wildman–Crippen LogP) is 3.91. The molecule has 0 bridgehead atoms. The Morgan fingerprint density at radius 1 is 0.905 bits per heavy atom. The second-order valence-corrected chi connectivity index (χ2v) is 14.2. The summed E-state index contributed by atoms with van der Waals surface area (Å²) in [5, 5.41) is 8.67. The Morgan fingerprint density at radius 3 is 2.02 bits per heavy atom. The minimum absolute atomic E-state index is 0. The monoisotopic (exact) mass is 604 g/mol. The van der Waals surface area contributed by atoms with Crippen LogP contribution in [0.25, 0.3) is 0 Å². The maximum Gasteiger partial charge on any atom is 0.306 e. The van der Waals surface area contributed by atoms with Gasteiger partial charge in [-0.15, -0.1) is 0 Å². The maximum atomic E-state index is 10.5. The summed E-state index contributed by atoms with van der Waals surface area (Å²) in [5.74, 6) is 0.748. The number of nitrogens with zero attached hydrogens (tertiary/aromatic N) is 1. The average Bonchev–Trinajstić information content (AvgIpc) is 2.90. The Morgan fingerprint density at radius 2 is 1.50 bits per heavy atom. The Bertz CT molecular complexity index is 1010. The second kappa shape index (κ2) is 17.9. The number of carbonyl (C=O) groups is 1. The van der Waals surface area contributed by atoms with E-state index in [0.717, 1.165) is 62.0 Å². The highest BCUT2D eigenvalue weighted by Crippen LogP contribution is 2.36. The molecule has 0 amide bonds. The molecule has 0 radical (unpaired) electrons. The van der Waals surface area contributed by atoms with Gasteiger partial charge in [0, 0.05) is 5.56 Å². The van der Waals surface area contributed by atoms with Crippen LogP contribution >= 0.6 is 0 Å². The predicted molar refractivity (Wildman–Crippen MR) is 169 cm³/mol. The minimum Gasteiger partial charge on any atom is -1.00 e. The number of carboxylic acid groups (broad SMARTS) is 1. The number of hydrogen-bond donors (Lipinski definition) is 2. The van der Waals surface area contributed by atoms with Crippen molar-refractivity contribution in [2.75, 3.05) is 47.0 Å². The molecule has 1 fully saturated rings. The summed E-state index contributed by atoms with van der Waals surface area (Å²) >= 11 is 0. The Kier molecular flexibility index (Phi) is 16.1. The van der Waals surface area contributed by atoms with Gasteiger partial charge in [0.25, 0.3) is 0 Å². The molecule has 2 aromatic rings. The first-order valence-electron chi connectivity index (χ1n) is 15.3. The van der Waals surface area contributed by atoms with Crippen LogP contribution in [-0.2, 0) is 21.5 Å². The number of ether oxygens (including phenoxy) is 2. The quantitative estimate of drug-likeness (QED) is 0.268. The summed E-state index contributed by atoms with van der Waals surface area (Å²) in [6.45, 7) is 16.2. The molecule has 0 aromatic heterocycles. The van der Waals surface area contributed by atoms with Gasteiger partial charge in [-0.1, -0.05) is 77.1 Å². The molecule has 6 nitrogen and oxygen atoms in total. The lowest BCUT2D eigenvalue weighted by molar-refractivity contribution is -0.904. The molecule has 7 heteroatoms. The van der Waals surface area contributed by atoms with Gasteiger partial charge in [0.2, 0.25) is 0 Å². The molecule has 1 aliphatic carbocycles. The standard InChI is InChI=1S/C27H42NO2.C8H15NO2.ClH/c1-26(2,3)22-27(4,5)24-13-15-25(16-14-24)30-20-19-29-18-17-28(6,7)21-23-11-9-8-10-12-23;9-5-6-1-3-7(4-2-6)8(10)11;/h8-16H,17-22H2,1-7H3;6-7H,1-5,9H2,(H,10,11);1H/q+1;;/p-1. The number of hydrogen-bond acceptors (Lipinski definition) is 4. The first kappa shape index (κ1) is 37.9. The molecule has 0 unspecified atom stereocenters. The summed E-state index contributed by atoms with van der Waals surface area (Å²) in [5.41, 5.74) is 8.67. The van der Waals surface area contributed by atoms with Gasteiger partial charge in [-0.05, 0) is 73.1 Å². The van der Waals surface area contributed by atoms with E-state index in [-0.39, 0.29) is 23.7 Å². The van der Waals surface area contributed by atoms with Crippen molar-refractivity contribution in [2.45, 2.75) is 78.7 Å². The van der Waals surface area contributed by atoms with Crippen molar-refractivity contribution in [3.8, 4) is 5.75 Å². The molecular weight excluding hydrogens is 548 g/mol. The van der Waals surface area contributed by atoms with Gasteiger partial charge in [-0.2, -0.15) is 0 Å². The van der Waals surface area contributed by atoms with E-state index in [1.54, 1.807) is 0 Å². The normalized spacial score (nSPS) is 17.4. The van der Waals surface area contributed by atoms with Gasteiger partial charge < -0.3 is 37.2 Å². The van der Waals surface area contributed by atoms with Crippen LogP contribution in [0.15, 0.2) is 54.6 Å². The summed E-state index contributed by atoms with van der Waals surface area (Å²) in [6.07, 6.45) is 4.77. The molecule has 42 heavy (non-hydrogen) atoms. The lowest BCUT2D eigenvalue weighted by Crippen LogP contribution is -3.00. The van der Waals surface area contributed by atoms with Crippen molar-refractivity contribution < 1.29 is 36.3 Å². The summed E-state index contributed by atoms with van der Waals surface area (Å²) in [7, 11) is 4.49. The maximum absolute atomic E-state index is 10.5. The first-order valence-corrected chi connectivity index (χ1v) is 15.3. The Labute approximate surface area is 262 Å². The van der Waals surface area contributed by atoms with Gasteiger partial charge in [0.05, 0.1) is 33.2 Å². The van der Waals surface area contributed by atoms with Crippen molar-refractivity contribution in [1.29, 1.82) is 0 Å². The van der Waals surface area contributed by atoms with Crippen LogP contribution in [0.1, 0.15) is 77.8 Å². The van der Waals surface area contributed by atoms with Crippen molar-refractivity contribution in [3.05, 3.63) is 65.7 Å². The largest absolute Gasteiger partial charge is 1.00 e. The number of aliphatic carboxylic acids is 1. The third kappa shape index (κ3) is 14.9. The van der Waals surface area contributed by atoms with E-state index in [4.69, 9.17) is 20.3 Å². The molecule has 0 spiro atoms. The summed E-state index contributed by atoms with van der Waals surface area (Å²) < 4.78 is 12.6. The fourth-order valence-electron chi connectivity index (χ4n) is 5.86. The molecule has 3 rings (SSSR count). The summed E-state index contributed by atoms with van der Waals surface area (Å²) in [6, 6.07) is 19.2. The molecule has 1 saturated carbocycles. The summed E-state index contributed by atoms with van der Waals surface area (Å²) in [4.78, 5) is 10.5. The van der Waals surface area contributed by atoms with Gasteiger partial charge in [0.1, 0.15) is 25.4 Å². The van der Waals surface area contributed by atoms with Crippen LogP contribution in [0.4, 0.5) is 0 Å². The van der Waals surface area contributed by atoms with Crippen LogP contribution < -0.4 is 22.9 Å². The second-order valence-electron chi connectivity index (χ2n) is 14.2. The van der Waals surface area contributed by atoms with Crippen molar-refractivity contribution in [2.24, 2.45) is 23.0 Å². The molecular formula is C35H57ClN2O4. The lowest BCUT2D eigenvalue weighted by Gasteiger charge is -2.33. The van der Waals surface area contributed by atoms with Crippen LogP contribution in [-0.4, -0.2) is 62.6 Å². The minimum atomic E-state index is -0.638. The molecule has 2 aromatic carbocycles. The van der Waals surface area contributed by atoms with E-state index < -0.39 is 5.97 Å². The van der Waals surface area contributed by atoms with Crippen molar-refractivity contribution in [3.63, 3.8) is 0 Å². The zero-order chi connectivity index (χ0) is 30.5. The number of rotatable bonds is 13. The van der Waals surface area contributed by atoms with Crippen molar-refractivity contribution in [1.82, 2.24) is 0 Å². The number of likely N-dealkylation sites (N-methyl/N-ethyl adjacent to an activating group) is 1. The Balaban J connectivity index is 0.000000617. The topological polar surface area (TPSA) is 81.8 Å². The van der Waals surface area contributed by atoms with E-state index in [1.165, 1.54) is 11.1 Å². The third-order valence-corrected chi connectivity index (χ3v) is 7.93. The van der Waals surface area contributed by atoms with Crippen LogP contribution in [0, 0.1) is 17.3 Å². The lowest BCUT2D eigenvalue weighted by atomic mass is 9.72. The fraction of sp³-hybridized carbons (Fsp3) is 0.629. The van der Waals surface area contributed by atoms with Gasteiger partial charge in [-0.25, -0.2) is 0 Å². The fourth-order valence-corrected chi connectivity index (χ4v) is 5.86. The highest BCUT2D eigenvalue weighted by molar-refractivity contribution is 5.69. The number of quaternary nitrogens is 1. The third-order valence-electron chi connectivity index (χ3n) is 7.93. The molecule has 1 aliphatic rings. The molecule has 0 saturated heterocycles. The van der Waals surface area contributed by atoms with Gasteiger partial charge >= 0.3 is 5.97 Å². The van der Waals surface area contributed by atoms with E-state index in [9.17, 15) is 4.79 Å². The van der Waals surface area contributed by atoms with Crippen LogP contribution in [0.3, 0.4) is 0 Å². The molecule has 3 N–H and O–H groups in total. The van der Waals surface area contributed by atoms with Crippen LogP contribution in [0.5, 0.6) is 5.75 Å². The first-order chi connectivity index (χ1) is 19.2. The van der Waals surface area contributed by atoms with E-state index >= 15 is 0 Å². The van der Waals surface area contributed by atoms with E-state index in [0.29, 0.717) is 31.1 Å². The van der Waals surface area contributed by atoms with Crippen molar-refractivity contribution >= 4 is 5.97 Å². The molecule has 0 atom stereocenters. The SMILES string of the molecule is CC(C)(C)CC(C)(C)c1ccc(OCCOCC[N+](C)(C)Cc2ccccc2)cc1.NCC1CCC(C(=O)O)CC1.[Cl-]. The number of carboxylic acids is 1. The zero-order valence-corrected chi connectivity index (χ0v) is 28.0. The van der Waals surface area contributed by atoms with E-state index in [2.05, 4.69) is 103 Å². The number of benzene rings is 2. The zero-order valence-electron chi connectivity index (χ0n) is 27.2. The molecule has 0 heterocycles. The number of halogens is 1. The molecule has 0 aliphatic heterocycles. The Hall–Kier alpha value is -2.12.